The number of non-ortho nitro benzene ring substituents is 1. The van der Waals surface area contributed by atoms with E-state index < -0.39 is 41.4 Å². The standard InChI is InChI=1S/C17H22N2O8/c1-9(20)18-13-14(21)15-12(8-24-17(2,3)27-15)26-16(13)25-11-6-4-10(5-7-11)19(22)23/h4-7,12-16,21H,8H2,1-3H3,(H,18,20)/t12-,13+,14+,15+,16+/m1/s1. The Labute approximate surface area is 155 Å². The van der Waals surface area contributed by atoms with Gasteiger partial charge in [-0.05, 0) is 26.0 Å². The van der Waals surface area contributed by atoms with Crippen molar-refractivity contribution in [1.82, 2.24) is 5.32 Å². The lowest BCUT2D eigenvalue weighted by Gasteiger charge is -2.49. The average molecular weight is 382 g/mol. The maximum absolute atomic E-state index is 11.6. The van der Waals surface area contributed by atoms with Crippen molar-refractivity contribution in [3.05, 3.63) is 34.4 Å². The van der Waals surface area contributed by atoms with Crippen LogP contribution in [0, 0.1) is 10.1 Å². The van der Waals surface area contributed by atoms with Gasteiger partial charge in [-0.3, -0.25) is 14.9 Å². The minimum absolute atomic E-state index is 0.0817. The molecular formula is C17H22N2O8. The van der Waals surface area contributed by atoms with E-state index >= 15 is 0 Å². The highest BCUT2D eigenvalue weighted by Crippen LogP contribution is 2.33. The Morgan fingerprint density at radius 3 is 2.63 bits per heavy atom. The fraction of sp³-hybridized carbons (Fsp3) is 0.588. The molecule has 0 radical (unpaired) electrons. The van der Waals surface area contributed by atoms with Crippen LogP contribution >= 0.6 is 0 Å². The van der Waals surface area contributed by atoms with Crippen LogP contribution in [0.2, 0.25) is 0 Å². The Morgan fingerprint density at radius 2 is 2.04 bits per heavy atom. The van der Waals surface area contributed by atoms with Gasteiger partial charge < -0.3 is 29.4 Å². The molecule has 0 spiro atoms. The highest BCUT2D eigenvalue weighted by molar-refractivity contribution is 5.73. The number of nitro groups is 1. The van der Waals surface area contributed by atoms with E-state index in [2.05, 4.69) is 5.32 Å². The lowest BCUT2D eigenvalue weighted by molar-refractivity contribution is -0.384. The number of ether oxygens (including phenoxy) is 4. The maximum Gasteiger partial charge on any atom is 0.269 e. The van der Waals surface area contributed by atoms with Crippen LogP contribution < -0.4 is 10.1 Å². The van der Waals surface area contributed by atoms with E-state index in [9.17, 15) is 20.0 Å². The summed E-state index contributed by atoms with van der Waals surface area (Å²) in [6, 6.07) is 4.52. The van der Waals surface area contributed by atoms with E-state index in [0.717, 1.165) is 0 Å². The van der Waals surface area contributed by atoms with E-state index in [4.69, 9.17) is 18.9 Å². The molecule has 10 nitrogen and oxygen atoms in total. The van der Waals surface area contributed by atoms with Gasteiger partial charge in [-0.1, -0.05) is 0 Å². The van der Waals surface area contributed by atoms with Crippen molar-refractivity contribution in [1.29, 1.82) is 0 Å². The average Bonchev–Trinajstić information content (AvgIpc) is 2.59. The summed E-state index contributed by atoms with van der Waals surface area (Å²) in [5, 5.41) is 24.2. The second-order valence-corrected chi connectivity index (χ2v) is 6.92. The predicted octanol–water partition coefficient (Wildman–Crippen LogP) is 0.716. The van der Waals surface area contributed by atoms with Crippen LogP contribution in [0.4, 0.5) is 5.69 Å². The molecule has 2 fully saturated rings. The molecule has 2 aliphatic rings. The lowest BCUT2D eigenvalue weighted by atomic mass is 9.95. The Hall–Kier alpha value is -2.27. The van der Waals surface area contributed by atoms with Crippen LogP contribution in [-0.2, 0) is 19.0 Å². The van der Waals surface area contributed by atoms with Gasteiger partial charge in [-0.15, -0.1) is 0 Å². The Kier molecular flexibility index (Phi) is 5.33. The molecule has 0 saturated carbocycles. The molecule has 0 bridgehead atoms. The van der Waals surface area contributed by atoms with Crippen molar-refractivity contribution in [3.63, 3.8) is 0 Å². The van der Waals surface area contributed by atoms with Crippen LogP contribution in [0.1, 0.15) is 20.8 Å². The normalized spacial score (nSPS) is 32.2. The molecule has 1 aromatic carbocycles. The van der Waals surface area contributed by atoms with Crippen LogP contribution in [0.3, 0.4) is 0 Å². The molecule has 1 amide bonds. The number of nitrogens with one attached hydrogen (secondary N) is 1. The molecule has 5 atom stereocenters. The number of hydrogen-bond acceptors (Lipinski definition) is 8. The minimum atomic E-state index is -1.10. The molecule has 148 valence electrons. The van der Waals surface area contributed by atoms with Crippen molar-refractivity contribution < 1.29 is 33.8 Å². The SMILES string of the molecule is CC(=O)N[C@@H]1[C@@H](Oc2ccc([N+](=O)[O-])cc2)O[C@@H]2COC(C)(C)O[C@@H]2[C@H]1O. The van der Waals surface area contributed by atoms with Crippen molar-refractivity contribution >= 4 is 11.6 Å². The van der Waals surface area contributed by atoms with Gasteiger partial charge in [-0.25, -0.2) is 0 Å². The molecule has 0 aromatic heterocycles. The topological polar surface area (TPSA) is 129 Å². The third-order valence-electron chi connectivity index (χ3n) is 4.36. The van der Waals surface area contributed by atoms with Gasteiger partial charge in [0.1, 0.15) is 30.1 Å². The number of aliphatic hydroxyl groups excluding tert-OH is 1. The smallest absolute Gasteiger partial charge is 0.269 e. The highest BCUT2D eigenvalue weighted by Gasteiger charge is 2.52. The summed E-state index contributed by atoms with van der Waals surface area (Å²) in [7, 11) is 0. The molecule has 2 saturated heterocycles. The van der Waals surface area contributed by atoms with E-state index in [-0.39, 0.29) is 18.2 Å². The second kappa shape index (κ2) is 7.39. The van der Waals surface area contributed by atoms with Crippen LogP contribution in [0.25, 0.3) is 0 Å². The molecule has 0 unspecified atom stereocenters. The fourth-order valence-electron chi connectivity index (χ4n) is 3.11. The summed E-state index contributed by atoms with van der Waals surface area (Å²) in [5.74, 6) is -0.965. The molecular weight excluding hydrogens is 360 g/mol. The first-order valence-corrected chi connectivity index (χ1v) is 8.50. The molecule has 2 N–H and O–H groups in total. The first-order valence-electron chi connectivity index (χ1n) is 8.50. The molecule has 27 heavy (non-hydrogen) atoms. The van der Waals surface area contributed by atoms with E-state index in [1.54, 1.807) is 13.8 Å². The van der Waals surface area contributed by atoms with Gasteiger partial charge in [0.25, 0.3) is 5.69 Å². The van der Waals surface area contributed by atoms with E-state index in [1.165, 1.54) is 31.2 Å². The van der Waals surface area contributed by atoms with Crippen molar-refractivity contribution in [3.8, 4) is 5.75 Å². The fourth-order valence-corrected chi connectivity index (χ4v) is 3.11. The van der Waals surface area contributed by atoms with Gasteiger partial charge in [0, 0.05) is 19.1 Å². The summed E-state index contributed by atoms with van der Waals surface area (Å²) in [4.78, 5) is 21.8. The molecule has 3 rings (SSSR count). The Balaban J connectivity index is 1.79. The van der Waals surface area contributed by atoms with Gasteiger partial charge >= 0.3 is 0 Å². The third-order valence-corrected chi connectivity index (χ3v) is 4.36. The summed E-state index contributed by atoms with van der Waals surface area (Å²) in [6.45, 7) is 4.95. The lowest BCUT2D eigenvalue weighted by Crippen LogP contribution is -2.69. The van der Waals surface area contributed by atoms with Crippen molar-refractivity contribution in [2.24, 2.45) is 0 Å². The van der Waals surface area contributed by atoms with E-state index in [1.807, 2.05) is 0 Å². The van der Waals surface area contributed by atoms with E-state index in [0.29, 0.717) is 5.75 Å². The molecule has 10 heteroatoms. The first-order chi connectivity index (χ1) is 12.7. The number of carbonyl (C=O) groups is 1. The number of nitro benzene ring substituents is 1. The van der Waals surface area contributed by atoms with Crippen LogP contribution in [0.5, 0.6) is 5.75 Å². The molecule has 2 aliphatic heterocycles. The number of aliphatic hydroxyl groups is 1. The summed E-state index contributed by atoms with van der Waals surface area (Å²) >= 11 is 0. The zero-order valence-electron chi connectivity index (χ0n) is 15.2. The first kappa shape index (κ1) is 19.5. The number of benzene rings is 1. The van der Waals surface area contributed by atoms with Gasteiger partial charge in [0.2, 0.25) is 12.2 Å². The van der Waals surface area contributed by atoms with Gasteiger partial charge in [0.05, 0.1) is 11.5 Å². The van der Waals surface area contributed by atoms with Gasteiger partial charge in [0.15, 0.2) is 5.79 Å². The van der Waals surface area contributed by atoms with Gasteiger partial charge in [-0.2, -0.15) is 0 Å². The number of fused-ring (bicyclic) bond motifs is 1. The summed E-state index contributed by atoms with van der Waals surface area (Å²) < 4.78 is 22.9. The highest BCUT2D eigenvalue weighted by atomic mass is 16.8. The number of rotatable bonds is 4. The zero-order valence-corrected chi connectivity index (χ0v) is 15.2. The summed E-state index contributed by atoms with van der Waals surface area (Å²) in [5.41, 5.74) is -0.0817. The number of amides is 1. The molecule has 1 aromatic rings. The van der Waals surface area contributed by atoms with Crippen LogP contribution in [0.15, 0.2) is 24.3 Å². The Bertz CT molecular complexity index is 707. The zero-order chi connectivity index (χ0) is 19.8. The largest absolute Gasteiger partial charge is 0.463 e. The van der Waals surface area contributed by atoms with Crippen LogP contribution in [-0.4, -0.2) is 59.0 Å². The molecule has 0 aliphatic carbocycles. The number of hydrogen-bond donors (Lipinski definition) is 2. The molecule has 2 heterocycles. The minimum Gasteiger partial charge on any atom is -0.463 e. The quantitative estimate of drug-likeness (QED) is 0.575. The number of nitrogens with zero attached hydrogens (tertiary/aromatic N) is 1. The predicted molar refractivity (Wildman–Crippen MR) is 90.9 cm³/mol. The second-order valence-electron chi connectivity index (χ2n) is 6.92. The maximum atomic E-state index is 11.6. The third kappa shape index (κ3) is 4.35. The Morgan fingerprint density at radius 1 is 1.37 bits per heavy atom. The van der Waals surface area contributed by atoms with Crippen molar-refractivity contribution in [2.45, 2.75) is 57.2 Å². The van der Waals surface area contributed by atoms with Crippen molar-refractivity contribution in [2.75, 3.05) is 6.61 Å². The number of carbonyl (C=O) groups excluding carboxylic acids is 1. The monoisotopic (exact) mass is 382 g/mol. The summed E-state index contributed by atoms with van der Waals surface area (Å²) in [6.07, 6.45) is -3.43.